The molecule has 0 saturated heterocycles. The second-order valence-corrected chi connectivity index (χ2v) is 13.0. The Morgan fingerprint density at radius 2 is 0.906 bits per heavy atom. The highest BCUT2D eigenvalue weighted by Gasteiger charge is 2.16. The first-order chi connectivity index (χ1) is 28.4. The number of rotatable bonds is 6. The summed E-state index contributed by atoms with van der Waals surface area (Å²) in [4.78, 5) is 10.2. The van der Waals surface area contributed by atoms with Crippen LogP contribution in [0.15, 0.2) is 200 Å². The monoisotopic (exact) mass is 680 g/mol. The van der Waals surface area contributed by atoms with Crippen LogP contribution in [-0.4, -0.2) is 14.5 Å². The fourth-order valence-corrected chi connectivity index (χ4v) is 7.42. The van der Waals surface area contributed by atoms with Crippen LogP contribution in [0.5, 0.6) is 0 Å². The molecule has 10 rings (SSSR count). The zero-order valence-corrected chi connectivity index (χ0v) is 28.5. The standard InChI is InChI=1S/C50H33N3/c1-3-13-34(14-4-1)35-23-25-37(26-24-35)46-33-47(52-50(51-46)38-15-5-2-6-16-38)43-32-31-40(41-17-7-8-18-42(41)43)36-27-29-39(30-28-36)53-48-21-11-9-19-44(48)45-20-10-12-22-49(45)53/h1-33H/i1D,3D,4D,13D,14D. The third-order valence-corrected chi connectivity index (χ3v) is 9.94. The number of fused-ring (bicyclic) bond motifs is 4. The molecule has 3 heteroatoms. The molecule has 0 aliphatic rings. The van der Waals surface area contributed by atoms with Gasteiger partial charge in [0.25, 0.3) is 0 Å². The van der Waals surface area contributed by atoms with Crippen LogP contribution >= 0.6 is 0 Å². The Balaban J connectivity index is 1.07. The van der Waals surface area contributed by atoms with Crippen molar-refractivity contribution in [2.24, 2.45) is 0 Å². The minimum absolute atomic E-state index is 0.166. The lowest BCUT2D eigenvalue weighted by Gasteiger charge is -2.15. The summed E-state index contributed by atoms with van der Waals surface area (Å²) in [6, 6.07) is 56.2. The number of hydrogen-bond acceptors (Lipinski definition) is 2. The van der Waals surface area contributed by atoms with E-state index < -0.39 is 6.04 Å². The molecule has 0 saturated carbocycles. The number of benzene rings is 8. The van der Waals surface area contributed by atoms with E-state index in [9.17, 15) is 0 Å². The third kappa shape index (κ3) is 5.47. The number of hydrogen-bond donors (Lipinski definition) is 0. The van der Waals surface area contributed by atoms with Gasteiger partial charge in [0, 0.05) is 33.2 Å². The average Bonchev–Trinajstić information content (AvgIpc) is 3.62. The Hall–Kier alpha value is -7.10. The Morgan fingerprint density at radius 1 is 0.377 bits per heavy atom. The van der Waals surface area contributed by atoms with E-state index in [1.807, 2.05) is 48.5 Å². The van der Waals surface area contributed by atoms with Crippen LogP contribution in [0.25, 0.3) is 94.4 Å². The maximum atomic E-state index is 8.47. The van der Waals surface area contributed by atoms with Crippen molar-refractivity contribution in [2.75, 3.05) is 0 Å². The minimum Gasteiger partial charge on any atom is -0.309 e. The predicted octanol–water partition coefficient (Wildman–Crippen LogP) is 13.1. The van der Waals surface area contributed by atoms with Crippen molar-refractivity contribution in [3.8, 4) is 61.8 Å². The van der Waals surface area contributed by atoms with E-state index in [0.717, 1.165) is 50.0 Å². The first kappa shape index (κ1) is 25.8. The van der Waals surface area contributed by atoms with Crippen LogP contribution in [0.4, 0.5) is 0 Å². The van der Waals surface area contributed by atoms with Crippen molar-refractivity contribution >= 4 is 32.6 Å². The van der Waals surface area contributed by atoms with Crippen molar-refractivity contribution in [1.82, 2.24) is 14.5 Å². The van der Waals surface area contributed by atoms with Crippen LogP contribution in [-0.2, 0) is 0 Å². The van der Waals surface area contributed by atoms with E-state index in [2.05, 4.69) is 114 Å². The summed E-state index contributed by atoms with van der Waals surface area (Å²) in [7, 11) is 0. The molecule has 0 aliphatic carbocycles. The van der Waals surface area contributed by atoms with Gasteiger partial charge in [-0.05, 0) is 63.4 Å². The molecule has 2 aromatic heterocycles. The van der Waals surface area contributed by atoms with Gasteiger partial charge in [-0.1, -0.05) is 170 Å². The summed E-state index contributed by atoms with van der Waals surface area (Å²) in [5.41, 5.74) is 10.5. The van der Waals surface area contributed by atoms with Crippen LogP contribution in [0.1, 0.15) is 6.85 Å². The lowest BCUT2D eigenvalue weighted by Crippen LogP contribution is -1.97. The Kier molecular flexibility index (Phi) is 6.28. The molecule has 0 fully saturated rings. The second kappa shape index (κ2) is 12.9. The quantitative estimate of drug-likeness (QED) is 0.175. The Labute approximate surface area is 315 Å². The van der Waals surface area contributed by atoms with Gasteiger partial charge in [-0.3, -0.25) is 0 Å². The molecule has 53 heavy (non-hydrogen) atoms. The second-order valence-electron chi connectivity index (χ2n) is 13.0. The van der Waals surface area contributed by atoms with Crippen molar-refractivity contribution in [3.63, 3.8) is 0 Å². The molecule has 0 radical (unpaired) electrons. The summed E-state index contributed by atoms with van der Waals surface area (Å²) in [6.07, 6.45) is 0. The fraction of sp³-hybridized carbons (Fsp3) is 0. The SMILES string of the molecule is [2H]c1c([2H])c([2H])c(-c2ccc(-c3cc(-c4ccc(-c5ccc(-n6c7ccccc7c7ccccc76)cc5)c5ccccc45)nc(-c4ccccc4)n3)cc2)c([2H])c1[2H]. The van der Waals surface area contributed by atoms with Crippen LogP contribution in [0, 0.1) is 0 Å². The van der Waals surface area contributed by atoms with Crippen LogP contribution in [0.3, 0.4) is 0 Å². The minimum atomic E-state index is -0.411. The highest BCUT2D eigenvalue weighted by Crippen LogP contribution is 2.38. The highest BCUT2D eigenvalue weighted by atomic mass is 15.0. The van der Waals surface area contributed by atoms with Gasteiger partial charge in [-0.15, -0.1) is 0 Å². The first-order valence-corrected chi connectivity index (χ1v) is 17.6. The number of nitrogens with zero attached hydrogens (tertiary/aromatic N) is 3. The maximum Gasteiger partial charge on any atom is 0.160 e. The van der Waals surface area contributed by atoms with E-state index in [1.54, 1.807) is 12.1 Å². The fourth-order valence-electron chi connectivity index (χ4n) is 7.42. The summed E-state index contributed by atoms with van der Waals surface area (Å²) < 4.78 is 43.6. The molecular weight excluding hydrogens is 643 g/mol. The van der Waals surface area contributed by atoms with E-state index in [0.29, 0.717) is 17.1 Å². The van der Waals surface area contributed by atoms with E-state index >= 15 is 0 Å². The van der Waals surface area contributed by atoms with Crippen molar-refractivity contribution in [2.45, 2.75) is 0 Å². The molecule has 0 bridgehead atoms. The topological polar surface area (TPSA) is 30.7 Å². The lowest BCUT2D eigenvalue weighted by atomic mass is 9.93. The van der Waals surface area contributed by atoms with Gasteiger partial charge in [-0.25, -0.2) is 9.97 Å². The summed E-state index contributed by atoms with van der Waals surface area (Å²) in [5, 5.41) is 4.63. The van der Waals surface area contributed by atoms with Gasteiger partial charge in [0.05, 0.1) is 29.3 Å². The number of aromatic nitrogens is 3. The molecule has 248 valence electrons. The van der Waals surface area contributed by atoms with Gasteiger partial charge >= 0.3 is 0 Å². The zero-order valence-electron chi connectivity index (χ0n) is 33.5. The lowest BCUT2D eigenvalue weighted by molar-refractivity contribution is 1.18. The molecule has 3 nitrogen and oxygen atoms in total. The van der Waals surface area contributed by atoms with E-state index in [4.69, 9.17) is 16.8 Å². The van der Waals surface area contributed by atoms with Gasteiger partial charge in [0.1, 0.15) is 0 Å². The van der Waals surface area contributed by atoms with E-state index in [-0.39, 0.29) is 29.7 Å². The average molecular weight is 681 g/mol. The molecule has 0 N–H and O–H groups in total. The zero-order chi connectivity index (χ0) is 39.5. The predicted molar refractivity (Wildman–Crippen MR) is 221 cm³/mol. The molecule has 2 heterocycles. The molecule has 8 aromatic carbocycles. The maximum absolute atomic E-state index is 8.47. The first-order valence-electron chi connectivity index (χ1n) is 20.1. The van der Waals surface area contributed by atoms with Crippen LogP contribution in [0.2, 0.25) is 0 Å². The molecule has 0 aliphatic heterocycles. The molecule has 0 amide bonds. The Morgan fingerprint density at radius 3 is 1.58 bits per heavy atom. The molecular formula is C50H33N3. The van der Waals surface area contributed by atoms with Gasteiger partial charge in [0.15, 0.2) is 5.82 Å². The van der Waals surface area contributed by atoms with Gasteiger partial charge in [0.2, 0.25) is 0 Å². The Bertz CT molecular complexity index is 3130. The van der Waals surface area contributed by atoms with Crippen LogP contribution < -0.4 is 0 Å². The molecule has 0 atom stereocenters. The van der Waals surface area contributed by atoms with Gasteiger partial charge < -0.3 is 4.57 Å². The molecule has 10 aromatic rings. The van der Waals surface area contributed by atoms with Crippen molar-refractivity contribution in [3.05, 3.63) is 200 Å². The highest BCUT2D eigenvalue weighted by molar-refractivity contribution is 6.09. The largest absolute Gasteiger partial charge is 0.309 e. The van der Waals surface area contributed by atoms with Crippen molar-refractivity contribution < 1.29 is 6.85 Å². The van der Waals surface area contributed by atoms with Crippen molar-refractivity contribution in [1.29, 1.82) is 0 Å². The summed E-state index contributed by atoms with van der Waals surface area (Å²) in [5.74, 6) is 0.580. The summed E-state index contributed by atoms with van der Waals surface area (Å²) >= 11 is 0. The van der Waals surface area contributed by atoms with Gasteiger partial charge in [-0.2, -0.15) is 0 Å². The third-order valence-electron chi connectivity index (χ3n) is 9.94. The molecule has 0 unspecified atom stereocenters. The summed E-state index contributed by atoms with van der Waals surface area (Å²) in [6.45, 7) is 0. The molecule has 0 spiro atoms. The smallest absolute Gasteiger partial charge is 0.160 e. The normalized spacial score (nSPS) is 12.7. The number of para-hydroxylation sites is 2. The van der Waals surface area contributed by atoms with E-state index in [1.165, 1.54) is 21.8 Å².